The third-order valence-corrected chi connectivity index (χ3v) is 5.58. The summed E-state index contributed by atoms with van der Waals surface area (Å²) in [6.45, 7) is 10.3. The van der Waals surface area contributed by atoms with E-state index < -0.39 is 23.3 Å². The van der Waals surface area contributed by atoms with Gasteiger partial charge >= 0.3 is 6.09 Å². The van der Waals surface area contributed by atoms with Gasteiger partial charge in [0.25, 0.3) is 0 Å². The topological polar surface area (TPSA) is 94.8 Å². The lowest BCUT2D eigenvalue weighted by Crippen LogP contribution is -2.27. The van der Waals surface area contributed by atoms with Crippen molar-refractivity contribution in [2.75, 3.05) is 5.32 Å². The summed E-state index contributed by atoms with van der Waals surface area (Å²) in [6.07, 6.45) is -1.15. The van der Waals surface area contributed by atoms with Gasteiger partial charge in [-0.25, -0.2) is 18.6 Å². The Hall–Kier alpha value is -3.82. The third kappa shape index (κ3) is 4.73. The molecule has 0 bridgehead atoms. The van der Waals surface area contributed by atoms with Crippen molar-refractivity contribution >= 4 is 28.5 Å². The molecular weight excluding hydrogens is 458 g/mol. The van der Waals surface area contributed by atoms with Gasteiger partial charge < -0.3 is 9.57 Å². The molecule has 0 aliphatic carbocycles. The first-order valence-electron chi connectivity index (χ1n) is 11.1. The average molecular weight is 485 g/mol. The predicted molar refractivity (Wildman–Crippen MR) is 128 cm³/mol. The Balaban J connectivity index is 1.89. The molecule has 0 saturated heterocycles. The molecule has 0 fully saturated rings. The molecule has 0 radical (unpaired) electrons. The number of nitrogens with zero attached hydrogens (tertiary/aromatic N) is 3. The lowest BCUT2D eigenvalue weighted by molar-refractivity contribution is 0.0635. The van der Waals surface area contributed by atoms with Crippen LogP contribution in [-0.2, 0) is 9.57 Å². The van der Waals surface area contributed by atoms with E-state index in [2.05, 4.69) is 15.5 Å². The fourth-order valence-corrected chi connectivity index (χ4v) is 4.10. The number of fused-ring (bicyclic) bond motifs is 1. The Morgan fingerprint density at radius 1 is 1.14 bits per heavy atom. The summed E-state index contributed by atoms with van der Waals surface area (Å²) in [7, 11) is 0. The van der Waals surface area contributed by atoms with Crippen molar-refractivity contribution in [2.24, 2.45) is 5.16 Å². The number of ether oxygens (including phenoxy) is 1. The highest BCUT2D eigenvalue weighted by molar-refractivity contribution is 5.90. The Morgan fingerprint density at radius 2 is 1.86 bits per heavy atom. The second-order valence-electron chi connectivity index (χ2n) is 9.52. The second kappa shape index (κ2) is 8.75. The lowest BCUT2D eigenvalue weighted by Gasteiger charge is -2.21. The highest BCUT2D eigenvalue weighted by Gasteiger charge is 2.31. The van der Waals surface area contributed by atoms with Gasteiger partial charge in [-0.2, -0.15) is 0 Å². The van der Waals surface area contributed by atoms with Crippen LogP contribution in [0.3, 0.4) is 0 Å². The maximum absolute atomic E-state index is 15.1. The van der Waals surface area contributed by atoms with Gasteiger partial charge in [-0.1, -0.05) is 5.16 Å². The van der Waals surface area contributed by atoms with Gasteiger partial charge in [0.15, 0.2) is 5.43 Å². The molecule has 1 aromatic carbocycles. The lowest BCUT2D eigenvalue weighted by atomic mass is 9.95. The maximum atomic E-state index is 15.1. The summed E-state index contributed by atoms with van der Waals surface area (Å²) in [6, 6.07) is 6.50. The molecule has 1 N–H and O–H groups in total. The van der Waals surface area contributed by atoms with Crippen molar-refractivity contribution in [1.29, 1.82) is 0 Å². The molecule has 2 aromatic heterocycles. The highest BCUT2D eigenvalue weighted by Crippen LogP contribution is 2.31. The van der Waals surface area contributed by atoms with E-state index in [0.29, 0.717) is 17.5 Å². The molecular formula is C25H26F2N4O4. The Kier molecular flexibility index (Phi) is 6.08. The number of oxime groups is 1. The number of hydrogen-bond donors (Lipinski definition) is 1. The SMILES string of the molecule is CC1=NOC(C)C1c1ccc2c(=O)cc(C)n(-c3cc(NC(=O)OC(C)(C)C)c(F)cc3F)c2n1. The molecule has 1 aliphatic rings. The van der Waals surface area contributed by atoms with Gasteiger partial charge in [-0.15, -0.1) is 0 Å². The third-order valence-electron chi connectivity index (χ3n) is 5.58. The summed E-state index contributed by atoms with van der Waals surface area (Å²) in [5, 5.41) is 6.59. The molecule has 10 heteroatoms. The smallest absolute Gasteiger partial charge is 0.412 e. The molecule has 1 amide bonds. The molecule has 0 spiro atoms. The van der Waals surface area contributed by atoms with Gasteiger partial charge in [-0.3, -0.25) is 14.7 Å². The molecule has 2 atom stereocenters. The van der Waals surface area contributed by atoms with Crippen molar-refractivity contribution in [3.63, 3.8) is 0 Å². The number of halogens is 2. The summed E-state index contributed by atoms with van der Waals surface area (Å²) < 4.78 is 36.3. The fraction of sp³-hybridized carbons (Fsp3) is 0.360. The van der Waals surface area contributed by atoms with Gasteiger partial charge in [0, 0.05) is 17.8 Å². The van der Waals surface area contributed by atoms with E-state index in [1.165, 1.54) is 10.6 Å². The monoisotopic (exact) mass is 484 g/mol. The van der Waals surface area contributed by atoms with Crippen LogP contribution >= 0.6 is 0 Å². The van der Waals surface area contributed by atoms with Gasteiger partial charge in [-0.05, 0) is 59.7 Å². The number of hydrogen-bond acceptors (Lipinski definition) is 6. The number of anilines is 1. The number of carbonyl (C=O) groups excluding carboxylic acids is 1. The van der Waals surface area contributed by atoms with Crippen LogP contribution in [0, 0.1) is 18.6 Å². The molecule has 3 aromatic rings. The van der Waals surface area contributed by atoms with Crippen LogP contribution in [0.5, 0.6) is 0 Å². The van der Waals surface area contributed by atoms with E-state index in [1.807, 2.05) is 13.8 Å². The number of pyridine rings is 2. The van der Waals surface area contributed by atoms with E-state index in [0.717, 1.165) is 11.8 Å². The van der Waals surface area contributed by atoms with E-state index in [-0.39, 0.29) is 39.9 Å². The number of carbonyl (C=O) groups is 1. The van der Waals surface area contributed by atoms with E-state index in [1.54, 1.807) is 39.8 Å². The zero-order valence-corrected chi connectivity index (χ0v) is 20.3. The van der Waals surface area contributed by atoms with Gasteiger partial charge in [0.05, 0.1) is 34.1 Å². The van der Waals surface area contributed by atoms with Crippen LogP contribution in [-0.4, -0.2) is 33.1 Å². The Bertz CT molecular complexity index is 1430. The molecule has 3 heterocycles. The molecule has 1 aliphatic heterocycles. The summed E-state index contributed by atoms with van der Waals surface area (Å²) in [5.41, 5.74) is 0.417. The average Bonchev–Trinajstić information content (AvgIpc) is 3.07. The van der Waals surface area contributed by atoms with Crippen molar-refractivity contribution in [3.05, 3.63) is 63.6 Å². The van der Waals surface area contributed by atoms with E-state index >= 15 is 4.39 Å². The van der Waals surface area contributed by atoms with Gasteiger partial charge in [0.2, 0.25) is 0 Å². The molecule has 2 unspecified atom stereocenters. The van der Waals surface area contributed by atoms with Crippen LogP contribution in [0.15, 0.2) is 40.3 Å². The minimum absolute atomic E-state index is 0.0919. The molecule has 35 heavy (non-hydrogen) atoms. The number of nitrogens with one attached hydrogen (secondary N) is 1. The first-order valence-corrected chi connectivity index (χ1v) is 11.1. The minimum atomic E-state index is -0.975. The minimum Gasteiger partial charge on any atom is -0.444 e. The number of aromatic nitrogens is 2. The van der Waals surface area contributed by atoms with Crippen molar-refractivity contribution in [3.8, 4) is 5.69 Å². The van der Waals surface area contributed by atoms with Gasteiger partial charge in [0.1, 0.15) is 29.0 Å². The van der Waals surface area contributed by atoms with Crippen LogP contribution in [0.4, 0.5) is 19.3 Å². The quantitative estimate of drug-likeness (QED) is 0.552. The largest absolute Gasteiger partial charge is 0.444 e. The number of benzene rings is 1. The Morgan fingerprint density at radius 3 is 2.49 bits per heavy atom. The number of amides is 1. The summed E-state index contributed by atoms with van der Waals surface area (Å²) in [4.78, 5) is 35.0. The standard InChI is InChI=1S/C25H26F2N4O4/c1-12-9-21(32)15-7-8-18(22-13(2)30-35-14(22)3)28-23(15)31(12)20-11-19(16(26)10-17(20)27)29-24(33)34-25(4,5)6/h7-11,14,22H,1-6H3,(H,29,33). The first-order chi connectivity index (χ1) is 16.4. The molecule has 4 rings (SSSR count). The van der Waals surface area contributed by atoms with E-state index in [9.17, 15) is 14.0 Å². The molecule has 184 valence electrons. The van der Waals surface area contributed by atoms with Crippen LogP contribution in [0.1, 0.15) is 51.9 Å². The zero-order valence-electron chi connectivity index (χ0n) is 20.3. The Labute approximate surface area is 200 Å². The van der Waals surface area contributed by atoms with Crippen molar-refractivity contribution in [1.82, 2.24) is 9.55 Å². The highest BCUT2D eigenvalue weighted by atomic mass is 19.1. The molecule has 8 nitrogen and oxygen atoms in total. The van der Waals surface area contributed by atoms with E-state index in [4.69, 9.17) is 9.57 Å². The zero-order chi connectivity index (χ0) is 25.7. The summed E-state index contributed by atoms with van der Waals surface area (Å²) >= 11 is 0. The van der Waals surface area contributed by atoms with Crippen LogP contribution in [0.25, 0.3) is 16.7 Å². The number of rotatable bonds is 3. The maximum Gasteiger partial charge on any atom is 0.412 e. The van der Waals surface area contributed by atoms with Crippen molar-refractivity contribution in [2.45, 2.75) is 59.2 Å². The first kappa shape index (κ1) is 24.3. The number of aryl methyl sites for hydroxylation is 1. The fourth-order valence-electron chi connectivity index (χ4n) is 4.10. The van der Waals surface area contributed by atoms with Crippen LogP contribution in [0.2, 0.25) is 0 Å². The van der Waals surface area contributed by atoms with Crippen molar-refractivity contribution < 1.29 is 23.1 Å². The normalized spacial score (nSPS) is 17.8. The second-order valence-corrected chi connectivity index (χ2v) is 9.52. The molecule has 0 saturated carbocycles. The predicted octanol–water partition coefficient (Wildman–Crippen LogP) is 5.20. The summed E-state index contributed by atoms with van der Waals surface area (Å²) in [5.74, 6) is -2.11. The van der Waals surface area contributed by atoms with Crippen LogP contribution < -0.4 is 10.7 Å².